The Hall–Kier alpha value is -3.12. The third kappa shape index (κ3) is 3.05. The average molecular weight is 375 g/mol. The number of carbonyl (C=O) groups is 1. The second-order valence-corrected chi connectivity index (χ2v) is 6.97. The van der Waals surface area contributed by atoms with Gasteiger partial charge >= 0.3 is 0 Å². The predicted octanol–water partition coefficient (Wildman–Crippen LogP) is 2.72. The quantitative estimate of drug-likeness (QED) is 0.746. The van der Waals surface area contributed by atoms with Crippen LogP contribution in [-0.2, 0) is 0 Å². The Morgan fingerprint density at radius 1 is 0.964 bits per heavy atom. The summed E-state index contributed by atoms with van der Waals surface area (Å²) in [5.74, 6) is 1.51. The molecule has 0 unspecified atom stereocenters. The van der Waals surface area contributed by atoms with Crippen molar-refractivity contribution in [1.29, 1.82) is 0 Å². The zero-order valence-electron chi connectivity index (χ0n) is 15.5. The van der Waals surface area contributed by atoms with Gasteiger partial charge in [0, 0.05) is 37.1 Å². The van der Waals surface area contributed by atoms with E-state index in [1.807, 2.05) is 53.4 Å². The lowest BCUT2D eigenvalue weighted by Crippen LogP contribution is -2.46. The van der Waals surface area contributed by atoms with Gasteiger partial charge in [-0.1, -0.05) is 18.2 Å². The second kappa shape index (κ2) is 7.13. The van der Waals surface area contributed by atoms with Crippen molar-refractivity contribution in [3.05, 3.63) is 54.1 Å². The smallest absolute Gasteiger partial charge is 0.254 e. The van der Waals surface area contributed by atoms with Gasteiger partial charge in [0.25, 0.3) is 5.91 Å². The Bertz CT molecular complexity index is 1040. The molecule has 2 aromatic carbocycles. The van der Waals surface area contributed by atoms with Gasteiger partial charge in [0.15, 0.2) is 11.5 Å². The number of para-hydroxylation sites is 1. The van der Waals surface area contributed by atoms with Crippen LogP contribution in [0, 0.1) is 0 Å². The summed E-state index contributed by atoms with van der Waals surface area (Å²) in [7, 11) is 0. The minimum atomic E-state index is 0.0545. The zero-order valence-corrected chi connectivity index (χ0v) is 15.5. The van der Waals surface area contributed by atoms with Gasteiger partial charge in [-0.25, -0.2) is 4.98 Å². The number of rotatable bonds is 2. The van der Waals surface area contributed by atoms with Gasteiger partial charge in [0.1, 0.15) is 13.2 Å². The molecule has 28 heavy (non-hydrogen) atoms. The molecular formula is C22H21N3O3. The molecule has 2 aliphatic rings. The maximum Gasteiger partial charge on any atom is 0.254 e. The number of pyridine rings is 1. The van der Waals surface area contributed by atoms with Crippen LogP contribution >= 0.6 is 0 Å². The Morgan fingerprint density at radius 3 is 2.61 bits per heavy atom. The van der Waals surface area contributed by atoms with Crippen molar-refractivity contribution in [3.63, 3.8) is 0 Å². The summed E-state index contributed by atoms with van der Waals surface area (Å²) in [4.78, 5) is 20.0. The molecule has 1 N–H and O–H groups in total. The fourth-order valence-electron chi connectivity index (χ4n) is 3.74. The van der Waals surface area contributed by atoms with E-state index in [0.29, 0.717) is 24.5 Å². The molecule has 0 aliphatic carbocycles. The molecule has 3 aromatic rings. The summed E-state index contributed by atoms with van der Waals surface area (Å²) in [5.41, 5.74) is 3.17. The first-order chi connectivity index (χ1) is 13.8. The van der Waals surface area contributed by atoms with Crippen LogP contribution in [0.3, 0.4) is 0 Å². The molecular weight excluding hydrogens is 354 g/mol. The molecule has 0 atom stereocenters. The van der Waals surface area contributed by atoms with Gasteiger partial charge in [-0.3, -0.25) is 4.79 Å². The first-order valence-electron chi connectivity index (χ1n) is 9.59. The van der Waals surface area contributed by atoms with Gasteiger partial charge in [0.2, 0.25) is 0 Å². The van der Waals surface area contributed by atoms with Gasteiger partial charge in [-0.2, -0.15) is 0 Å². The van der Waals surface area contributed by atoms with Gasteiger partial charge in [0.05, 0.1) is 16.8 Å². The summed E-state index contributed by atoms with van der Waals surface area (Å²) in [6.07, 6.45) is 0. The van der Waals surface area contributed by atoms with Crippen molar-refractivity contribution >= 4 is 16.8 Å². The number of nitrogens with zero attached hydrogens (tertiary/aromatic N) is 2. The van der Waals surface area contributed by atoms with Crippen LogP contribution in [-0.4, -0.2) is 55.2 Å². The van der Waals surface area contributed by atoms with E-state index in [4.69, 9.17) is 14.5 Å². The van der Waals surface area contributed by atoms with Gasteiger partial charge < -0.3 is 19.7 Å². The first-order valence-corrected chi connectivity index (χ1v) is 9.59. The molecule has 0 bridgehead atoms. The van der Waals surface area contributed by atoms with Crippen molar-refractivity contribution in [2.75, 3.05) is 39.4 Å². The van der Waals surface area contributed by atoms with Gasteiger partial charge in [-0.15, -0.1) is 0 Å². The van der Waals surface area contributed by atoms with E-state index in [1.165, 1.54) is 0 Å². The van der Waals surface area contributed by atoms with Crippen molar-refractivity contribution in [1.82, 2.24) is 15.2 Å². The van der Waals surface area contributed by atoms with E-state index < -0.39 is 0 Å². The third-order valence-electron chi connectivity index (χ3n) is 5.19. The standard InChI is InChI=1S/C22H21N3O3/c26-22(25-9-7-23-8-10-25)17-14-19(24-18-4-2-1-3-16(17)18)15-5-6-20-21(13-15)28-12-11-27-20/h1-6,13-14,23H,7-12H2. The number of aromatic nitrogens is 1. The van der Waals surface area contributed by atoms with Crippen LogP contribution in [0.2, 0.25) is 0 Å². The minimum absolute atomic E-state index is 0.0545. The Kier molecular flexibility index (Phi) is 4.33. The fraction of sp³-hybridized carbons (Fsp3) is 0.273. The van der Waals surface area contributed by atoms with E-state index in [-0.39, 0.29) is 5.91 Å². The highest BCUT2D eigenvalue weighted by molar-refractivity contribution is 6.07. The molecule has 0 radical (unpaired) electrons. The summed E-state index contributed by atoms with van der Waals surface area (Å²) < 4.78 is 11.3. The molecule has 1 fully saturated rings. The van der Waals surface area contributed by atoms with E-state index in [1.54, 1.807) is 0 Å². The number of nitrogens with one attached hydrogen (secondary N) is 1. The first kappa shape index (κ1) is 17.0. The SMILES string of the molecule is O=C(c1cc(-c2ccc3c(c2)OCCO3)nc2ccccc12)N1CCNCC1. The maximum absolute atomic E-state index is 13.3. The van der Waals surface area contributed by atoms with Crippen LogP contribution < -0.4 is 14.8 Å². The predicted molar refractivity (Wildman–Crippen MR) is 107 cm³/mol. The number of benzene rings is 2. The minimum Gasteiger partial charge on any atom is -0.486 e. The Morgan fingerprint density at radius 2 is 1.75 bits per heavy atom. The number of piperazine rings is 1. The molecule has 0 saturated carbocycles. The molecule has 3 heterocycles. The summed E-state index contributed by atoms with van der Waals surface area (Å²) in [6, 6.07) is 15.5. The van der Waals surface area contributed by atoms with Crippen LogP contribution in [0.15, 0.2) is 48.5 Å². The highest BCUT2D eigenvalue weighted by Gasteiger charge is 2.22. The molecule has 142 valence electrons. The highest BCUT2D eigenvalue weighted by atomic mass is 16.6. The van der Waals surface area contributed by atoms with E-state index in [0.717, 1.165) is 54.1 Å². The molecule has 5 rings (SSSR count). The summed E-state index contributed by atoms with van der Waals surface area (Å²) >= 11 is 0. The Balaban J connectivity index is 1.61. The normalized spacial score (nSPS) is 16.2. The van der Waals surface area contributed by atoms with Crippen LogP contribution in [0.1, 0.15) is 10.4 Å². The molecule has 1 amide bonds. The zero-order chi connectivity index (χ0) is 18.9. The number of hydrogen-bond acceptors (Lipinski definition) is 5. The lowest BCUT2D eigenvalue weighted by atomic mass is 10.0. The van der Waals surface area contributed by atoms with Crippen molar-refractivity contribution in [3.8, 4) is 22.8 Å². The maximum atomic E-state index is 13.3. The lowest BCUT2D eigenvalue weighted by Gasteiger charge is -2.28. The van der Waals surface area contributed by atoms with E-state index >= 15 is 0 Å². The highest BCUT2D eigenvalue weighted by Crippen LogP contribution is 2.35. The summed E-state index contributed by atoms with van der Waals surface area (Å²) in [6.45, 7) is 4.18. The molecule has 6 nitrogen and oxygen atoms in total. The third-order valence-corrected chi connectivity index (χ3v) is 5.19. The second-order valence-electron chi connectivity index (χ2n) is 6.97. The van der Waals surface area contributed by atoms with Crippen LogP contribution in [0.5, 0.6) is 11.5 Å². The van der Waals surface area contributed by atoms with Crippen molar-refractivity contribution < 1.29 is 14.3 Å². The van der Waals surface area contributed by atoms with Gasteiger partial charge in [-0.05, 0) is 30.3 Å². The van der Waals surface area contributed by atoms with E-state index in [9.17, 15) is 4.79 Å². The summed E-state index contributed by atoms with van der Waals surface area (Å²) in [5, 5.41) is 4.17. The van der Waals surface area contributed by atoms with E-state index in [2.05, 4.69) is 5.32 Å². The number of ether oxygens (including phenoxy) is 2. The molecule has 2 aliphatic heterocycles. The van der Waals surface area contributed by atoms with Crippen LogP contribution in [0.25, 0.3) is 22.2 Å². The molecule has 1 aromatic heterocycles. The number of fused-ring (bicyclic) bond motifs is 2. The topological polar surface area (TPSA) is 63.7 Å². The lowest BCUT2D eigenvalue weighted by molar-refractivity contribution is 0.0738. The average Bonchev–Trinajstić information content (AvgIpc) is 2.78. The number of amides is 1. The Labute approximate surface area is 163 Å². The molecule has 0 spiro atoms. The van der Waals surface area contributed by atoms with Crippen molar-refractivity contribution in [2.45, 2.75) is 0 Å². The molecule has 6 heteroatoms. The van der Waals surface area contributed by atoms with Crippen molar-refractivity contribution in [2.24, 2.45) is 0 Å². The largest absolute Gasteiger partial charge is 0.486 e. The number of hydrogen-bond donors (Lipinski definition) is 1. The monoisotopic (exact) mass is 375 g/mol. The number of carbonyl (C=O) groups excluding carboxylic acids is 1. The van der Waals surface area contributed by atoms with Crippen LogP contribution in [0.4, 0.5) is 0 Å². The fourth-order valence-corrected chi connectivity index (χ4v) is 3.74. The molecule has 1 saturated heterocycles.